The van der Waals surface area contributed by atoms with E-state index in [1.54, 1.807) is 12.4 Å². The number of amides is 2. The minimum Gasteiger partial charge on any atom is -0.433 e. The number of aromatic nitrogens is 4. The first-order chi connectivity index (χ1) is 17.5. The predicted molar refractivity (Wildman–Crippen MR) is 145 cm³/mol. The van der Waals surface area contributed by atoms with Crippen molar-refractivity contribution in [1.29, 1.82) is 0 Å². The molecule has 10 heteroatoms. The molecule has 0 aliphatic carbocycles. The zero-order chi connectivity index (χ0) is 26.7. The number of urea groups is 1. The van der Waals surface area contributed by atoms with E-state index in [9.17, 15) is 4.79 Å². The topological polar surface area (TPSA) is 123 Å². The molecule has 1 saturated heterocycles. The smallest absolute Gasteiger partial charge is 0.315 e. The van der Waals surface area contributed by atoms with E-state index in [0.29, 0.717) is 24.0 Å². The molecule has 1 aliphatic heterocycles. The van der Waals surface area contributed by atoms with Gasteiger partial charge in [-0.2, -0.15) is 5.10 Å². The molecule has 4 rings (SSSR count). The lowest BCUT2D eigenvalue weighted by Gasteiger charge is -2.28. The molecule has 2 aromatic heterocycles. The fraction of sp³-hybridized carbons (Fsp3) is 0.481. The molecule has 0 spiro atoms. The average Bonchev–Trinajstić information content (AvgIpc) is 3.27. The van der Waals surface area contributed by atoms with E-state index in [-0.39, 0.29) is 23.3 Å². The Balaban J connectivity index is 1.48. The molecule has 3 heterocycles. The molecule has 1 fully saturated rings. The Morgan fingerprint density at radius 3 is 2.49 bits per heavy atom. The Morgan fingerprint density at radius 1 is 1.16 bits per heavy atom. The van der Waals surface area contributed by atoms with Gasteiger partial charge < -0.3 is 26.0 Å². The lowest BCUT2D eigenvalue weighted by Crippen LogP contribution is -2.46. The van der Waals surface area contributed by atoms with Gasteiger partial charge in [0.2, 0.25) is 0 Å². The van der Waals surface area contributed by atoms with Gasteiger partial charge in [0, 0.05) is 17.6 Å². The second kappa shape index (κ2) is 10.8. The van der Waals surface area contributed by atoms with Gasteiger partial charge in [-0.1, -0.05) is 0 Å². The largest absolute Gasteiger partial charge is 0.433 e. The van der Waals surface area contributed by atoms with Gasteiger partial charge in [0.15, 0.2) is 11.6 Å². The maximum atomic E-state index is 12.2. The fourth-order valence-electron chi connectivity index (χ4n) is 4.51. The van der Waals surface area contributed by atoms with Crippen LogP contribution in [-0.2, 0) is 6.54 Å². The number of aryl methyl sites for hydroxylation is 2. The van der Waals surface area contributed by atoms with Gasteiger partial charge >= 0.3 is 6.03 Å². The summed E-state index contributed by atoms with van der Waals surface area (Å²) in [4.78, 5) is 23.5. The van der Waals surface area contributed by atoms with Crippen molar-refractivity contribution < 1.29 is 9.53 Å². The Labute approximate surface area is 218 Å². The molecule has 0 radical (unpaired) electrons. The van der Waals surface area contributed by atoms with Crippen LogP contribution in [0.2, 0.25) is 0 Å². The molecule has 3 aromatic rings. The van der Waals surface area contributed by atoms with Crippen LogP contribution in [0.3, 0.4) is 0 Å². The second-order valence-electron chi connectivity index (χ2n) is 10.9. The van der Waals surface area contributed by atoms with Crippen LogP contribution in [0.15, 0.2) is 30.7 Å². The number of nitrogen functional groups attached to an aromatic ring is 1. The van der Waals surface area contributed by atoms with Gasteiger partial charge in [-0.3, -0.25) is 4.68 Å². The molecule has 198 valence electrons. The van der Waals surface area contributed by atoms with Crippen LogP contribution in [0.25, 0.3) is 11.3 Å². The summed E-state index contributed by atoms with van der Waals surface area (Å²) in [6.07, 6.45) is 7.35. The summed E-state index contributed by atoms with van der Waals surface area (Å²) in [6.45, 7) is 12.4. The normalized spacial score (nSPS) is 15.0. The number of carbonyl (C=O) groups is 1. The lowest BCUT2D eigenvalue weighted by molar-refractivity contribution is 0.212. The van der Waals surface area contributed by atoms with Crippen molar-refractivity contribution in [3.05, 3.63) is 47.4 Å². The van der Waals surface area contributed by atoms with Crippen LogP contribution >= 0.6 is 0 Å². The third-order valence-electron chi connectivity index (χ3n) is 6.53. The van der Waals surface area contributed by atoms with Crippen LogP contribution < -0.4 is 21.1 Å². The predicted octanol–water partition coefficient (Wildman–Crippen LogP) is 4.20. The number of nitrogens with one attached hydrogen (secondary N) is 2. The minimum atomic E-state index is -0.294. The number of anilines is 1. The number of carbonyl (C=O) groups excluding carboxylic acids is 1. The Morgan fingerprint density at radius 2 is 1.84 bits per heavy atom. The number of ether oxygens (including phenoxy) is 1. The van der Waals surface area contributed by atoms with E-state index in [4.69, 9.17) is 10.5 Å². The molecule has 0 saturated carbocycles. The van der Waals surface area contributed by atoms with Gasteiger partial charge in [0.05, 0.1) is 30.3 Å². The second-order valence-corrected chi connectivity index (χ2v) is 10.9. The lowest BCUT2D eigenvalue weighted by atomic mass is 9.98. The van der Waals surface area contributed by atoms with Crippen molar-refractivity contribution in [2.75, 3.05) is 25.9 Å². The van der Waals surface area contributed by atoms with Crippen LogP contribution in [0.5, 0.6) is 11.6 Å². The van der Waals surface area contributed by atoms with Crippen molar-refractivity contribution in [2.24, 2.45) is 0 Å². The van der Waals surface area contributed by atoms with Crippen molar-refractivity contribution in [2.45, 2.75) is 65.6 Å². The minimum absolute atomic E-state index is 0.194. The van der Waals surface area contributed by atoms with Gasteiger partial charge in [0.1, 0.15) is 0 Å². The van der Waals surface area contributed by atoms with Crippen LogP contribution in [-0.4, -0.2) is 56.4 Å². The summed E-state index contributed by atoms with van der Waals surface area (Å²) >= 11 is 0. The number of nitrogens with zero attached hydrogens (tertiary/aromatic N) is 5. The summed E-state index contributed by atoms with van der Waals surface area (Å²) in [5.74, 6) is 1.05. The fourth-order valence-corrected chi connectivity index (χ4v) is 4.51. The summed E-state index contributed by atoms with van der Waals surface area (Å²) in [7, 11) is 2.14. The number of hydrogen-bond donors (Lipinski definition) is 3. The SMILES string of the molecule is Cc1cc(-c2cnc(N)c(Oc3cnn(C4CCN(C)CC4)c3)n2)cc(C)c1CNC(=O)NC(C)(C)C. The highest BCUT2D eigenvalue weighted by atomic mass is 16.5. The van der Waals surface area contributed by atoms with E-state index in [1.807, 2.05) is 57.6 Å². The number of benzene rings is 1. The standard InChI is InChI=1S/C27H38N8O2/c1-17-11-19(12-18(2)22(17)14-30-26(36)33-27(3,4)5)23-15-29-24(28)25(32-23)37-21-13-31-35(16-21)20-7-9-34(6)10-8-20/h11-13,15-16,20H,7-10,14H2,1-6H3,(H2,28,29)(H2,30,33,36). The monoisotopic (exact) mass is 506 g/mol. The quantitative estimate of drug-likeness (QED) is 0.458. The summed E-state index contributed by atoms with van der Waals surface area (Å²) in [5, 5.41) is 10.4. The zero-order valence-corrected chi connectivity index (χ0v) is 22.6. The number of rotatable bonds is 6. The molecule has 10 nitrogen and oxygen atoms in total. The molecular formula is C27H38N8O2. The summed E-state index contributed by atoms with van der Waals surface area (Å²) < 4.78 is 7.98. The van der Waals surface area contributed by atoms with Crippen LogP contribution in [0, 0.1) is 13.8 Å². The molecule has 1 aliphatic rings. The highest BCUT2D eigenvalue weighted by Gasteiger charge is 2.20. The zero-order valence-electron chi connectivity index (χ0n) is 22.6. The Kier molecular flexibility index (Phi) is 7.68. The highest BCUT2D eigenvalue weighted by Crippen LogP contribution is 2.30. The van der Waals surface area contributed by atoms with E-state index >= 15 is 0 Å². The molecule has 2 amide bonds. The maximum Gasteiger partial charge on any atom is 0.315 e. The average molecular weight is 507 g/mol. The third kappa shape index (κ3) is 6.76. The molecule has 37 heavy (non-hydrogen) atoms. The van der Waals surface area contributed by atoms with E-state index in [0.717, 1.165) is 48.2 Å². The van der Waals surface area contributed by atoms with E-state index in [2.05, 4.69) is 37.6 Å². The van der Waals surface area contributed by atoms with Gasteiger partial charge in [-0.05, 0) is 96.4 Å². The number of piperidine rings is 1. The summed E-state index contributed by atoms with van der Waals surface area (Å²) in [5.41, 5.74) is 10.5. The summed E-state index contributed by atoms with van der Waals surface area (Å²) in [6, 6.07) is 4.24. The molecule has 0 atom stereocenters. The van der Waals surface area contributed by atoms with Gasteiger partial charge in [-0.15, -0.1) is 0 Å². The van der Waals surface area contributed by atoms with Crippen molar-refractivity contribution in [1.82, 2.24) is 35.3 Å². The molecular weight excluding hydrogens is 468 g/mol. The van der Waals surface area contributed by atoms with Crippen LogP contribution in [0.1, 0.15) is 56.3 Å². The van der Waals surface area contributed by atoms with Gasteiger partial charge in [0.25, 0.3) is 5.88 Å². The van der Waals surface area contributed by atoms with Crippen molar-refractivity contribution >= 4 is 11.8 Å². The number of likely N-dealkylation sites (tertiary alicyclic amines) is 1. The molecule has 0 unspecified atom stereocenters. The molecule has 0 bridgehead atoms. The first-order valence-electron chi connectivity index (χ1n) is 12.7. The molecule has 1 aromatic carbocycles. The van der Waals surface area contributed by atoms with E-state index < -0.39 is 0 Å². The first kappa shape index (κ1) is 26.4. The maximum absolute atomic E-state index is 12.2. The van der Waals surface area contributed by atoms with Crippen LogP contribution in [0.4, 0.5) is 10.6 Å². The Bertz CT molecular complexity index is 1230. The van der Waals surface area contributed by atoms with Crippen molar-refractivity contribution in [3.63, 3.8) is 0 Å². The van der Waals surface area contributed by atoms with E-state index in [1.165, 1.54) is 0 Å². The van der Waals surface area contributed by atoms with Gasteiger partial charge in [-0.25, -0.2) is 14.8 Å². The Hall–Kier alpha value is -3.66. The highest BCUT2D eigenvalue weighted by molar-refractivity contribution is 5.75. The molecule has 4 N–H and O–H groups in total. The number of nitrogens with two attached hydrogens (primary N) is 1. The third-order valence-corrected chi connectivity index (χ3v) is 6.53. The number of hydrogen-bond acceptors (Lipinski definition) is 7. The first-order valence-corrected chi connectivity index (χ1v) is 12.7. The van der Waals surface area contributed by atoms with Crippen molar-refractivity contribution in [3.8, 4) is 22.9 Å².